The minimum absolute atomic E-state index is 0.484. The molecule has 1 fully saturated rings. The summed E-state index contributed by atoms with van der Waals surface area (Å²) in [5.74, 6) is 0. The minimum atomic E-state index is 0.484. The van der Waals surface area contributed by atoms with Crippen molar-refractivity contribution in [2.45, 2.75) is 32.8 Å². The van der Waals surface area contributed by atoms with Gasteiger partial charge in [-0.25, -0.2) is 0 Å². The zero-order valence-electron chi connectivity index (χ0n) is 9.75. The Balaban J connectivity index is 0. The fourth-order valence-corrected chi connectivity index (χ4v) is 0.876. The Kier molecular flexibility index (Phi) is 18.7. The van der Waals surface area contributed by atoms with E-state index in [1.54, 1.807) is 6.26 Å². The highest BCUT2D eigenvalue weighted by Gasteiger charge is 2.15. The second kappa shape index (κ2) is 15.7. The zero-order valence-corrected chi connectivity index (χ0v) is 10.6. The summed E-state index contributed by atoms with van der Waals surface area (Å²) in [5.41, 5.74) is 5.32. The van der Waals surface area contributed by atoms with Crippen LogP contribution in [0.15, 0.2) is 0 Å². The van der Waals surface area contributed by atoms with Gasteiger partial charge in [-0.2, -0.15) is 12.6 Å². The number of hydrogen-bond donors (Lipinski definition) is 3. The SMILES string of the molecule is CC.CS.NCCCCOC1CNC1. The first-order valence-corrected chi connectivity index (χ1v) is 6.30. The maximum Gasteiger partial charge on any atom is 0.0823 e. The quantitative estimate of drug-likeness (QED) is 0.485. The van der Waals surface area contributed by atoms with Gasteiger partial charge in [0.2, 0.25) is 0 Å². The van der Waals surface area contributed by atoms with Gasteiger partial charge in [0.1, 0.15) is 0 Å². The van der Waals surface area contributed by atoms with Crippen LogP contribution in [0.4, 0.5) is 0 Å². The van der Waals surface area contributed by atoms with Gasteiger partial charge in [0.25, 0.3) is 0 Å². The van der Waals surface area contributed by atoms with E-state index in [2.05, 4.69) is 17.9 Å². The normalized spacial score (nSPS) is 14.4. The molecule has 0 aromatic rings. The molecule has 0 aromatic carbocycles. The maximum atomic E-state index is 5.46. The average Bonchev–Trinajstić information content (AvgIpc) is 2.21. The number of nitrogens with two attached hydrogens (primary N) is 1. The van der Waals surface area contributed by atoms with Gasteiger partial charge in [0, 0.05) is 19.7 Å². The van der Waals surface area contributed by atoms with Crippen LogP contribution in [-0.4, -0.2) is 38.6 Å². The predicted molar refractivity (Wildman–Crippen MR) is 67.2 cm³/mol. The Morgan fingerprint density at radius 2 is 1.86 bits per heavy atom. The van der Waals surface area contributed by atoms with E-state index >= 15 is 0 Å². The molecular formula is C10H26N2OS. The van der Waals surface area contributed by atoms with Crippen molar-refractivity contribution in [1.82, 2.24) is 5.32 Å². The highest BCUT2D eigenvalue weighted by Crippen LogP contribution is 1.99. The lowest BCUT2D eigenvalue weighted by atomic mass is 10.2. The molecule has 3 nitrogen and oxygen atoms in total. The molecule has 1 aliphatic heterocycles. The fraction of sp³-hybridized carbons (Fsp3) is 1.00. The van der Waals surface area contributed by atoms with Crippen molar-refractivity contribution in [3.63, 3.8) is 0 Å². The standard InChI is InChI=1S/C7H16N2O.C2H6.CH4S/c8-3-1-2-4-10-7-5-9-6-7;2*1-2/h7,9H,1-6,8H2;1-2H3;2H,1H3. The molecule has 1 heterocycles. The molecule has 1 rings (SSSR count). The van der Waals surface area contributed by atoms with Crippen LogP contribution in [0.1, 0.15) is 26.7 Å². The van der Waals surface area contributed by atoms with Crippen LogP contribution in [0, 0.1) is 0 Å². The third-order valence-electron chi connectivity index (χ3n) is 1.70. The molecule has 1 aliphatic rings. The summed E-state index contributed by atoms with van der Waals surface area (Å²) in [5, 5.41) is 3.15. The maximum absolute atomic E-state index is 5.46. The van der Waals surface area contributed by atoms with E-state index in [-0.39, 0.29) is 0 Å². The monoisotopic (exact) mass is 222 g/mol. The highest BCUT2D eigenvalue weighted by molar-refractivity contribution is 7.79. The Labute approximate surface area is 94.2 Å². The molecule has 0 spiro atoms. The molecule has 0 amide bonds. The summed E-state index contributed by atoms with van der Waals surface area (Å²) in [6, 6.07) is 0. The number of nitrogens with one attached hydrogen (secondary N) is 1. The van der Waals surface area contributed by atoms with Gasteiger partial charge in [-0.15, -0.1) is 0 Å². The number of hydrogen-bond acceptors (Lipinski definition) is 4. The second-order valence-electron chi connectivity index (χ2n) is 2.65. The number of thiol groups is 1. The molecule has 0 bridgehead atoms. The molecule has 1 saturated heterocycles. The fourth-order valence-electron chi connectivity index (χ4n) is 0.876. The van der Waals surface area contributed by atoms with E-state index < -0.39 is 0 Å². The Hall–Kier alpha value is 0.230. The molecule has 0 unspecified atom stereocenters. The molecule has 0 radical (unpaired) electrons. The van der Waals surface area contributed by atoms with Crippen molar-refractivity contribution in [1.29, 1.82) is 0 Å². The molecule has 14 heavy (non-hydrogen) atoms. The zero-order chi connectivity index (χ0) is 11.2. The number of unbranched alkanes of at least 4 members (excludes halogenated alkanes) is 1. The van der Waals surface area contributed by atoms with Gasteiger partial charge in [-0.1, -0.05) is 13.8 Å². The lowest BCUT2D eigenvalue weighted by Crippen LogP contribution is -2.48. The van der Waals surface area contributed by atoms with Crippen LogP contribution >= 0.6 is 12.6 Å². The van der Waals surface area contributed by atoms with Crippen molar-refractivity contribution in [2.24, 2.45) is 5.73 Å². The minimum Gasteiger partial charge on any atom is -0.376 e. The average molecular weight is 222 g/mol. The van der Waals surface area contributed by atoms with Crippen molar-refractivity contribution < 1.29 is 4.74 Å². The van der Waals surface area contributed by atoms with Gasteiger partial charge >= 0.3 is 0 Å². The summed E-state index contributed by atoms with van der Waals surface area (Å²) in [4.78, 5) is 0. The van der Waals surface area contributed by atoms with Crippen molar-refractivity contribution in [3.05, 3.63) is 0 Å². The summed E-state index contributed by atoms with van der Waals surface area (Å²) in [6.07, 6.45) is 4.37. The first-order chi connectivity index (χ1) is 6.93. The van der Waals surface area contributed by atoms with E-state index in [9.17, 15) is 0 Å². The predicted octanol–water partition coefficient (Wildman–Crippen LogP) is 1.29. The Bertz CT molecular complexity index is 90.2. The van der Waals surface area contributed by atoms with Crippen LogP contribution in [0.3, 0.4) is 0 Å². The first-order valence-electron chi connectivity index (χ1n) is 5.40. The van der Waals surface area contributed by atoms with Crippen molar-refractivity contribution in [2.75, 3.05) is 32.5 Å². The van der Waals surface area contributed by atoms with Crippen LogP contribution < -0.4 is 11.1 Å². The topological polar surface area (TPSA) is 47.3 Å². The van der Waals surface area contributed by atoms with Crippen LogP contribution in [0.2, 0.25) is 0 Å². The van der Waals surface area contributed by atoms with Crippen LogP contribution in [0.5, 0.6) is 0 Å². The van der Waals surface area contributed by atoms with Crippen LogP contribution in [-0.2, 0) is 4.74 Å². The summed E-state index contributed by atoms with van der Waals surface area (Å²) in [7, 11) is 0. The third kappa shape index (κ3) is 10.3. The van der Waals surface area contributed by atoms with Gasteiger partial charge < -0.3 is 15.8 Å². The van der Waals surface area contributed by atoms with Gasteiger partial charge in [-0.3, -0.25) is 0 Å². The van der Waals surface area contributed by atoms with E-state index in [4.69, 9.17) is 10.5 Å². The van der Waals surface area contributed by atoms with E-state index in [1.807, 2.05) is 13.8 Å². The van der Waals surface area contributed by atoms with Gasteiger partial charge in [0.05, 0.1) is 6.10 Å². The lowest BCUT2D eigenvalue weighted by Gasteiger charge is -2.26. The molecular weight excluding hydrogens is 196 g/mol. The van der Waals surface area contributed by atoms with E-state index in [1.165, 1.54) is 0 Å². The Morgan fingerprint density at radius 1 is 1.29 bits per heavy atom. The smallest absolute Gasteiger partial charge is 0.0823 e. The Morgan fingerprint density at radius 3 is 2.21 bits per heavy atom. The van der Waals surface area contributed by atoms with Gasteiger partial charge in [0.15, 0.2) is 0 Å². The van der Waals surface area contributed by atoms with Gasteiger partial charge in [-0.05, 0) is 25.6 Å². The van der Waals surface area contributed by atoms with E-state index in [0.29, 0.717) is 6.10 Å². The summed E-state index contributed by atoms with van der Waals surface area (Å²) in [6.45, 7) is 7.72. The lowest BCUT2D eigenvalue weighted by molar-refractivity contribution is 0.0173. The molecule has 3 N–H and O–H groups in total. The summed E-state index contributed by atoms with van der Waals surface area (Å²) >= 11 is 3.53. The van der Waals surface area contributed by atoms with Crippen molar-refractivity contribution >= 4 is 12.6 Å². The van der Waals surface area contributed by atoms with Crippen molar-refractivity contribution in [3.8, 4) is 0 Å². The molecule has 88 valence electrons. The third-order valence-corrected chi connectivity index (χ3v) is 1.70. The second-order valence-corrected chi connectivity index (χ2v) is 2.65. The summed E-state index contributed by atoms with van der Waals surface area (Å²) < 4.78 is 5.46. The number of rotatable bonds is 5. The molecule has 4 heteroatoms. The molecule has 0 saturated carbocycles. The van der Waals surface area contributed by atoms with E-state index in [0.717, 1.165) is 39.1 Å². The largest absolute Gasteiger partial charge is 0.376 e. The van der Waals surface area contributed by atoms with Crippen LogP contribution in [0.25, 0.3) is 0 Å². The molecule has 0 aliphatic carbocycles. The molecule has 0 atom stereocenters. The first kappa shape index (κ1) is 16.7. The number of ether oxygens (including phenoxy) is 1. The highest BCUT2D eigenvalue weighted by atomic mass is 32.1. The molecule has 0 aromatic heterocycles.